The summed E-state index contributed by atoms with van der Waals surface area (Å²) >= 11 is 3.65. The first kappa shape index (κ1) is 19.2. The highest BCUT2D eigenvalue weighted by molar-refractivity contribution is 9.10. The van der Waals surface area contributed by atoms with E-state index in [1.807, 2.05) is 36.3 Å². The second-order valence-corrected chi connectivity index (χ2v) is 6.87. The number of carbonyl (C=O) groups excluding carboxylic acids is 2. The Bertz CT molecular complexity index is 715. The van der Waals surface area contributed by atoms with Crippen LogP contribution in [0.15, 0.2) is 41.5 Å². The number of nitrogens with zero attached hydrogens (tertiary/aromatic N) is 2. The first-order valence-electron chi connectivity index (χ1n) is 8.05. The molecule has 5 nitrogen and oxygen atoms in total. The fourth-order valence-electron chi connectivity index (χ4n) is 3.05. The molecule has 0 aliphatic carbocycles. The van der Waals surface area contributed by atoms with Crippen molar-refractivity contribution in [3.05, 3.63) is 47.1 Å². The van der Waals surface area contributed by atoms with Gasteiger partial charge in [-0.25, -0.2) is 0 Å². The van der Waals surface area contributed by atoms with Gasteiger partial charge < -0.3 is 14.5 Å². The number of anilines is 1. The summed E-state index contributed by atoms with van der Waals surface area (Å²) in [5.74, 6) is -0.468. The van der Waals surface area contributed by atoms with E-state index >= 15 is 0 Å². The molecule has 25 heavy (non-hydrogen) atoms. The lowest BCUT2D eigenvalue weighted by Gasteiger charge is -2.30. The molecule has 0 aromatic heterocycles. The largest absolute Gasteiger partial charge is 0.469 e. The van der Waals surface area contributed by atoms with Gasteiger partial charge in [-0.15, -0.1) is 6.58 Å². The van der Waals surface area contributed by atoms with E-state index in [0.29, 0.717) is 19.5 Å². The van der Waals surface area contributed by atoms with Crippen LogP contribution in [-0.2, 0) is 14.3 Å². The van der Waals surface area contributed by atoms with E-state index in [1.165, 1.54) is 14.0 Å². The molecule has 0 spiro atoms. The summed E-state index contributed by atoms with van der Waals surface area (Å²) in [7, 11) is 3.35. The van der Waals surface area contributed by atoms with E-state index in [2.05, 4.69) is 22.5 Å². The van der Waals surface area contributed by atoms with Crippen molar-refractivity contribution in [1.29, 1.82) is 0 Å². The number of esters is 1. The number of methoxy groups -OCH3 is 1. The lowest BCUT2D eigenvalue weighted by molar-refractivity contribution is -0.145. The molecule has 1 aliphatic rings. The third-order valence-electron chi connectivity index (χ3n) is 4.19. The molecular weight excluding hydrogens is 384 g/mol. The van der Waals surface area contributed by atoms with Crippen LogP contribution in [0.5, 0.6) is 0 Å². The smallest absolute Gasteiger partial charge is 0.310 e. The van der Waals surface area contributed by atoms with E-state index in [1.54, 1.807) is 11.0 Å². The molecule has 1 heterocycles. The standard InChI is InChI=1S/C19H23BrN2O3/c1-5-9-22(13(2)23)17-8-6-7-16(18(17)20)14-10-15(19(24)25-4)12-21(3)11-14/h5-8,11,15H,1,9-10,12H2,2-4H3. The minimum atomic E-state index is -0.207. The van der Waals surface area contributed by atoms with E-state index < -0.39 is 0 Å². The van der Waals surface area contributed by atoms with Crippen LogP contribution in [0, 0.1) is 5.92 Å². The number of carbonyl (C=O) groups is 2. The van der Waals surface area contributed by atoms with Crippen molar-refractivity contribution in [1.82, 2.24) is 4.90 Å². The van der Waals surface area contributed by atoms with Gasteiger partial charge in [0.15, 0.2) is 0 Å². The Balaban J connectivity index is 2.43. The van der Waals surface area contributed by atoms with Crippen LogP contribution in [0.25, 0.3) is 5.57 Å². The second kappa shape index (κ2) is 8.34. The van der Waals surface area contributed by atoms with Gasteiger partial charge in [-0.3, -0.25) is 9.59 Å². The van der Waals surface area contributed by atoms with E-state index in [4.69, 9.17) is 4.74 Å². The maximum absolute atomic E-state index is 12.0. The predicted molar refractivity (Wildman–Crippen MR) is 103 cm³/mol. The maximum atomic E-state index is 12.0. The molecule has 0 bridgehead atoms. The molecule has 0 saturated carbocycles. The number of allylic oxidation sites excluding steroid dienone is 1. The predicted octanol–water partition coefficient (Wildman–Crippen LogP) is 3.45. The van der Waals surface area contributed by atoms with Crippen LogP contribution in [-0.4, -0.2) is 44.0 Å². The molecule has 1 aliphatic heterocycles. The molecule has 6 heteroatoms. The number of ether oxygens (including phenoxy) is 1. The average molecular weight is 407 g/mol. The van der Waals surface area contributed by atoms with Crippen molar-refractivity contribution >= 4 is 39.1 Å². The summed E-state index contributed by atoms with van der Waals surface area (Å²) in [6.07, 6.45) is 4.33. The third-order valence-corrected chi connectivity index (χ3v) is 5.03. The number of halogens is 1. The maximum Gasteiger partial charge on any atom is 0.310 e. The number of hydrogen-bond donors (Lipinski definition) is 0. The molecule has 1 aromatic rings. The summed E-state index contributed by atoms with van der Waals surface area (Å²) < 4.78 is 5.74. The zero-order valence-corrected chi connectivity index (χ0v) is 16.4. The minimum absolute atomic E-state index is 0.0556. The SMILES string of the molecule is C=CCN(C(C)=O)c1cccc(C2=CN(C)CC(C(=O)OC)C2)c1Br. The van der Waals surface area contributed by atoms with Crippen molar-refractivity contribution in [2.75, 3.05) is 32.1 Å². The first-order valence-corrected chi connectivity index (χ1v) is 8.85. The van der Waals surface area contributed by atoms with Crippen LogP contribution < -0.4 is 4.90 Å². The average Bonchev–Trinajstić information content (AvgIpc) is 2.58. The molecule has 1 amide bonds. The normalized spacial score (nSPS) is 16.9. The van der Waals surface area contributed by atoms with Gasteiger partial charge in [-0.2, -0.15) is 0 Å². The van der Waals surface area contributed by atoms with Crippen LogP contribution >= 0.6 is 15.9 Å². The molecule has 0 radical (unpaired) electrons. The first-order chi connectivity index (χ1) is 11.9. The molecule has 0 N–H and O–H groups in total. The number of amides is 1. The highest BCUT2D eigenvalue weighted by Crippen LogP contribution is 2.38. The topological polar surface area (TPSA) is 49.9 Å². The Labute approximate surface area is 157 Å². The summed E-state index contributed by atoms with van der Waals surface area (Å²) in [5.41, 5.74) is 2.78. The van der Waals surface area contributed by atoms with Crippen molar-refractivity contribution in [3.8, 4) is 0 Å². The van der Waals surface area contributed by atoms with Gasteiger partial charge in [0, 0.05) is 37.7 Å². The summed E-state index contributed by atoms with van der Waals surface area (Å²) in [6, 6.07) is 5.79. The van der Waals surface area contributed by atoms with Gasteiger partial charge in [0.05, 0.1) is 18.7 Å². The van der Waals surface area contributed by atoms with Gasteiger partial charge in [-0.1, -0.05) is 18.2 Å². The highest BCUT2D eigenvalue weighted by atomic mass is 79.9. The Hall–Kier alpha value is -2.08. The Morgan fingerprint density at radius 2 is 2.20 bits per heavy atom. The highest BCUT2D eigenvalue weighted by Gasteiger charge is 2.28. The van der Waals surface area contributed by atoms with Crippen molar-refractivity contribution in [3.63, 3.8) is 0 Å². The van der Waals surface area contributed by atoms with Crippen molar-refractivity contribution in [2.45, 2.75) is 13.3 Å². The molecule has 0 saturated heterocycles. The molecule has 2 rings (SSSR count). The zero-order chi connectivity index (χ0) is 18.6. The van der Waals surface area contributed by atoms with Crippen molar-refractivity contribution in [2.24, 2.45) is 5.92 Å². The molecule has 134 valence electrons. The number of rotatable bonds is 5. The molecule has 1 unspecified atom stereocenters. The van der Waals surface area contributed by atoms with E-state index in [-0.39, 0.29) is 17.8 Å². The minimum Gasteiger partial charge on any atom is -0.469 e. The lowest BCUT2D eigenvalue weighted by atomic mass is 9.91. The quantitative estimate of drug-likeness (QED) is 0.554. The molecule has 0 fully saturated rings. The lowest BCUT2D eigenvalue weighted by Crippen LogP contribution is -2.32. The van der Waals surface area contributed by atoms with Gasteiger partial charge in [0.25, 0.3) is 0 Å². The molecule has 1 aromatic carbocycles. The molecule has 1 atom stereocenters. The summed E-state index contributed by atoms with van der Waals surface area (Å²) in [5, 5.41) is 0. The zero-order valence-electron chi connectivity index (χ0n) is 14.8. The monoisotopic (exact) mass is 406 g/mol. The molecular formula is C19H23BrN2O3. The van der Waals surface area contributed by atoms with Gasteiger partial charge >= 0.3 is 5.97 Å². The Morgan fingerprint density at radius 1 is 1.48 bits per heavy atom. The number of benzene rings is 1. The van der Waals surface area contributed by atoms with Crippen LogP contribution in [0.4, 0.5) is 5.69 Å². The van der Waals surface area contributed by atoms with Crippen LogP contribution in [0.3, 0.4) is 0 Å². The number of hydrogen-bond acceptors (Lipinski definition) is 4. The van der Waals surface area contributed by atoms with E-state index in [9.17, 15) is 9.59 Å². The fourth-order valence-corrected chi connectivity index (χ4v) is 3.79. The third kappa shape index (κ3) is 4.31. The summed E-state index contributed by atoms with van der Waals surface area (Å²) in [4.78, 5) is 27.6. The fraction of sp³-hybridized carbons (Fsp3) is 0.368. The summed E-state index contributed by atoms with van der Waals surface area (Å²) in [6.45, 7) is 6.31. The van der Waals surface area contributed by atoms with Gasteiger partial charge in [0.1, 0.15) is 0 Å². The van der Waals surface area contributed by atoms with Crippen molar-refractivity contribution < 1.29 is 14.3 Å². The van der Waals surface area contributed by atoms with Crippen LogP contribution in [0.2, 0.25) is 0 Å². The van der Waals surface area contributed by atoms with E-state index in [0.717, 1.165) is 21.3 Å². The Morgan fingerprint density at radius 3 is 2.80 bits per heavy atom. The Kier molecular flexibility index (Phi) is 6.42. The van der Waals surface area contributed by atoms with Crippen LogP contribution in [0.1, 0.15) is 18.9 Å². The van der Waals surface area contributed by atoms with Gasteiger partial charge in [-0.05, 0) is 39.6 Å². The van der Waals surface area contributed by atoms with Gasteiger partial charge in [0.2, 0.25) is 5.91 Å². The second-order valence-electron chi connectivity index (χ2n) is 6.08.